The maximum absolute atomic E-state index is 13.2. The number of piperidine rings is 1. The average Bonchev–Trinajstić information content (AvgIpc) is 3.29. The van der Waals surface area contributed by atoms with Crippen molar-refractivity contribution < 1.29 is 4.79 Å². The van der Waals surface area contributed by atoms with E-state index >= 15 is 0 Å². The Morgan fingerprint density at radius 2 is 1.94 bits per heavy atom. The van der Waals surface area contributed by atoms with Crippen molar-refractivity contribution >= 4 is 40.0 Å². The molecular weight excluding hydrogens is 448 g/mol. The van der Waals surface area contributed by atoms with E-state index in [-0.39, 0.29) is 11.8 Å². The first-order chi connectivity index (χ1) is 16.5. The van der Waals surface area contributed by atoms with Crippen molar-refractivity contribution in [2.24, 2.45) is 5.92 Å². The highest BCUT2D eigenvalue weighted by Gasteiger charge is 2.31. The first kappa shape index (κ1) is 22.6. The van der Waals surface area contributed by atoms with Crippen molar-refractivity contribution in [2.45, 2.75) is 33.6 Å². The van der Waals surface area contributed by atoms with Gasteiger partial charge in [-0.15, -0.1) is 10.2 Å². The van der Waals surface area contributed by atoms with Crippen LogP contribution in [0.5, 0.6) is 0 Å². The Bertz CT molecular complexity index is 1360. The zero-order chi connectivity index (χ0) is 23.8. The Hall–Kier alpha value is -3.19. The van der Waals surface area contributed by atoms with Crippen molar-refractivity contribution in [3.05, 3.63) is 53.1 Å². The molecule has 3 heterocycles. The number of hydrogen-bond acceptors (Lipinski definition) is 5. The van der Waals surface area contributed by atoms with Crippen LogP contribution in [0.2, 0.25) is 5.02 Å². The minimum Gasteiger partial charge on any atom is -0.343 e. The first-order valence-corrected chi connectivity index (χ1v) is 12.3. The molecule has 0 bridgehead atoms. The summed E-state index contributed by atoms with van der Waals surface area (Å²) in [5, 5.41) is 10.7. The predicted molar refractivity (Wildman–Crippen MR) is 136 cm³/mol. The normalized spacial score (nSPS) is 16.4. The number of carbonyl (C=O) groups excluding carboxylic acids is 1. The van der Waals surface area contributed by atoms with Gasteiger partial charge in [0.1, 0.15) is 0 Å². The smallest absolute Gasteiger partial charge is 0.227 e. The largest absolute Gasteiger partial charge is 0.343 e. The number of benzene rings is 2. The quantitative estimate of drug-likeness (QED) is 0.406. The molecule has 2 aromatic carbocycles. The van der Waals surface area contributed by atoms with Gasteiger partial charge in [-0.25, -0.2) is 9.38 Å². The monoisotopic (exact) mass is 476 g/mol. The molecule has 1 fully saturated rings. The number of anilines is 1. The predicted octanol–water partition coefficient (Wildman–Crippen LogP) is 4.99. The third kappa shape index (κ3) is 3.88. The van der Waals surface area contributed by atoms with Crippen molar-refractivity contribution in [1.82, 2.24) is 24.5 Å². The van der Waals surface area contributed by atoms with E-state index in [4.69, 9.17) is 16.6 Å². The lowest BCUT2D eigenvalue weighted by molar-refractivity contribution is -0.135. The van der Waals surface area contributed by atoms with Crippen molar-refractivity contribution in [1.29, 1.82) is 0 Å². The van der Waals surface area contributed by atoms with Gasteiger partial charge >= 0.3 is 0 Å². The fraction of sp³-hybridized carbons (Fsp3) is 0.385. The van der Waals surface area contributed by atoms with Gasteiger partial charge in [0.15, 0.2) is 11.5 Å². The van der Waals surface area contributed by atoms with Gasteiger partial charge in [-0.1, -0.05) is 35.9 Å². The lowest BCUT2D eigenvalue weighted by Gasteiger charge is -2.35. The summed E-state index contributed by atoms with van der Waals surface area (Å²) in [5.41, 5.74) is 3.65. The highest BCUT2D eigenvalue weighted by Crippen LogP contribution is 2.32. The molecule has 8 heteroatoms. The lowest BCUT2D eigenvalue weighted by atomic mass is 9.96. The highest BCUT2D eigenvalue weighted by atomic mass is 35.5. The van der Waals surface area contributed by atoms with Crippen LogP contribution in [0.15, 0.2) is 42.5 Å². The van der Waals surface area contributed by atoms with Gasteiger partial charge < -0.3 is 9.80 Å². The standard InChI is InChI=1S/C26H29ClN6O/c1-4-31(5-2)25(34)18-10-8-14-32(16-18)26-28-22-15-19(27)12-13-21(22)24-30-29-23(33(24)26)20-11-7-6-9-17(20)3/h6-7,9,11-13,15,18H,4-5,8,10,14,16H2,1-3H3/t18-/m0/s1. The van der Waals surface area contributed by atoms with Gasteiger partial charge in [-0.2, -0.15) is 0 Å². The second kappa shape index (κ2) is 9.22. The zero-order valence-corrected chi connectivity index (χ0v) is 20.6. The van der Waals surface area contributed by atoms with Crippen LogP contribution in [0.25, 0.3) is 27.9 Å². The Morgan fingerprint density at radius 1 is 1.15 bits per heavy atom. The lowest BCUT2D eigenvalue weighted by Crippen LogP contribution is -2.45. The number of aromatic nitrogens is 4. The van der Waals surface area contributed by atoms with E-state index in [0.29, 0.717) is 11.6 Å². The van der Waals surface area contributed by atoms with Gasteiger partial charge in [0.25, 0.3) is 0 Å². The highest BCUT2D eigenvalue weighted by molar-refractivity contribution is 6.31. The molecule has 1 saturated heterocycles. The van der Waals surface area contributed by atoms with Gasteiger partial charge in [0.2, 0.25) is 11.9 Å². The number of fused-ring (bicyclic) bond motifs is 3. The summed E-state index contributed by atoms with van der Waals surface area (Å²) in [5.74, 6) is 1.67. The van der Waals surface area contributed by atoms with Gasteiger partial charge in [-0.05, 0) is 57.4 Å². The van der Waals surface area contributed by atoms with Crippen LogP contribution in [0.4, 0.5) is 5.95 Å². The third-order valence-electron chi connectivity index (χ3n) is 6.80. The van der Waals surface area contributed by atoms with E-state index < -0.39 is 0 Å². The molecule has 4 aromatic rings. The number of rotatable bonds is 5. The SMILES string of the molecule is CCN(CC)C(=O)[C@H]1CCCN(c2nc3cc(Cl)ccc3c3nnc(-c4ccccc4C)n23)C1. The molecule has 34 heavy (non-hydrogen) atoms. The molecule has 0 aliphatic carbocycles. The van der Waals surface area contributed by atoms with Crippen LogP contribution < -0.4 is 4.90 Å². The Balaban J connectivity index is 1.68. The topological polar surface area (TPSA) is 66.6 Å². The van der Waals surface area contributed by atoms with Gasteiger partial charge in [-0.3, -0.25) is 4.79 Å². The third-order valence-corrected chi connectivity index (χ3v) is 7.03. The molecule has 0 spiro atoms. The molecule has 0 saturated carbocycles. The number of halogens is 1. The average molecular weight is 477 g/mol. The fourth-order valence-corrected chi connectivity index (χ4v) is 5.12. The summed E-state index contributed by atoms with van der Waals surface area (Å²) in [6.45, 7) is 9.04. The van der Waals surface area contributed by atoms with Crippen LogP contribution in [-0.4, -0.2) is 56.6 Å². The Kier molecular flexibility index (Phi) is 6.13. The number of carbonyl (C=O) groups is 1. The van der Waals surface area contributed by atoms with Crippen molar-refractivity contribution in [3.8, 4) is 11.4 Å². The summed E-state index contributed by atoms with van der Waals surface area (Å²) in [6.07, 6.45) is 1.82. The second-order valence-corrected chi connectivity index (χ2v) is 9.30. The van der Waals surface area contributed by atoms with E-state index in [9.17, 15) is 4.79 Å². The molecule has 0 N–H and O–H groups in total. The van der Waals surface area contributed by atoms with Gasteiger partial charge in [0, 0.05) is 42.2 Å². The maximum Gasteiger partial charge on any atom is 0.227 e. The van der Waals surface area contributed by atoms with E-state index in [1.54, 1.807) is 0 Å². The number of amides is 1. The summed E-state index contributed by atoms with van der Waals surface area (Å²) < 4.78 is 2.04. The molecule has 1 atom stereocenters. The summed E-state index contributed by atoms with van der Waals surface area (Å²) in [7, 11) is 0. The molecule has 1 amide bonds. The first-order valence-electron chi connectivity index (χ1n) is 12.0. The number of aryl methyl sites for hydroxylation is 1. The van der Waals surface area contributed by atoms with Crippen LogP contribution in [-0.2, 0) is 4.79 Å². The fourth-order valence-electron chi connectivity index (χ4n) is 4.96. The van der Waals surface area contributed by atoms with Crippen LogP contribution in [0.1, 0.15) is 32.3 Å². The molecule has 2 aromatic heterocycles. The Labute approximate surface area is 204 Å². The van der Waals surface area contributed by atoms with Crippen molar-refractivity contribution in [2.75, 3.05) is 31.1 Å². The van der Waals surface area contributed by atoms with E-state index in [1.807, 2.05) is 53.5 Å². The molecule has 1 aliphatic rings. The van der Waals surface area contributed by atoms with Crippen LogP contribution in [0, 0.1) is 12.8 Å². The number of hydrogen-bond donors (Lipinski definition) is 0. The molecule has 176 valence electrons. The minimum atomic E-state index is -0.0565. The van der Waals surface area contributed by atoms with E-state index in [0.717, 1.165) is 71.9 Å². The van der Waals surface area contributed by atoms with E-state index in [2.05, 4.69) is 34.2 Å². The van der Waals surface area contributed by atoms with Crippen LogP contribution >= 0.6 is 11.6 Å². The summed E-state index contributed by atoms with van der Waals surface area (Å²) >= 11 is 6.31. The molecule has 1 aliphatic heterocycles. The zero-order valence-electron chi connectivity index (χ0n) is 19.8. The Morgan fingerprint density at radius 3 is 2.71 bits per heavy atom. The van der Waals surface area contributed by atoms with Gasteiger partial charge in [0.05, 0.1) is 11.4 Å². The molecule has 0 radical (unpaired) electrons. The molecule has 5 rings (SSSR count). The molecule has 7 nitrogen and oxygen atoms in total. The van der Waals surface area contributed by atoms with E-state index in [1.165, 1.54) is 0 Å². The summed E-state index contributed by atoms with van der Waals surface area (Å²) in [6, 6.07) is 13.8. The summed E-state index contributed by atoms with van der Waals surface area (Å²) in [4.78, 5) is 22.4. The van der Waals surface area contributed by atoms with Crippen LogP contribution in [0.3, 0.4) is 0 Å². The van der Waals surface area contributed by atoms with Crippen molar-refractivity contribution in [3.63, 3.8) is 0 Å². The minimum absolute atomic E-state index is 0.0565. The molecule has 0 unspecified atom stereocenters. The maximum atomic E-state index is 13.2. The number of nitrogens with zero attached hydrogens (tertiary/aromatic N) is 6. The second-order valence-electron chi connectivity index (χ2n) is 8.87. The molecular formula is C26H29ClN6O.